The first kappa shape index (κ1) is 25.1. The van der Waals surface area contributed by atoms with Crippen LogP contribution in [0.5, 0.6) is 0 Å². The summed E-state index contributed by atoms with van der Waals surface area (Å²) in [7, 11) is 3.30. The molecule has 0 spiro atoms. The number of methoxy groups -OCH3 is 1. The third-order valence-electron chi connectivity index (χ3n) is 4.52. The molecule has 2 heterocycles. The number of aldehydes is 1. The van der Waals surface area contributed by atoms with E-state index in [1.165, 1.54) is 24.3 Å². The van der Waals surface area contributed by atoms with Crippen LogP contribution in [0, 0.1) is 11.6 Å². The van der Waals surface area contributed by atoms with Crippen LogP contribution in [0.2, 0.25) is 5.02 Å². The summed E-state index contributed by atoms with van der Waals surface area (Å²) in [6.45, 7) is 0.277. The van der Waals surface area contributed by atoms with E-state index in [4.69, 9.17) is 22.1 Å². The van der Waals surface area contributed by atoms with Crippen LogP contribution < -0.4 is 16.6 Å². The number of carbonyl (C=O) groups excluding carboxylic acids is 1. The molecule has 4 N–H and O–H groups in total. The predicted molar refractivity (Wildman–Crippen MR) is 119 cm³/mol. The van der Waals surface area contributed by atoms with Crippen LogP contribution in [0.25, 0.3) is 0 Å². The minimum atomic E-state index is -0.733. The number of aromatic nitrogens is 2. The van der Waals surface area contributed by atoms with E-state index < -0.39 is 17.7 Å². The zero-order valence-corrected chi connectivity index (χ0v) is 18.2. The van der Waals surface area contributed by atoms with Crippen molar-refractivity contribution >= 4 is 23.7 Å². The number of ether oxygens (including phenoxy) is 1. The van der Waals surface area contributed by atoms with E-state index in [0.29, 0.717) is 23.2 Å². The minimum absolute atomic E-state index is 0.0233. The number of aromatic amines is 1. The van der Waals surface area contributed by atoms with E-state index in [0.717, 1.165) is 11.8 Å². The number of nitrogens with one attached hydrogen (secondary N) is 2. The Bertz CT molecular complexity index is 1110. The monoisotopic (exact) mass is 464 g/mol. The molecule has 2 aromatic heterocycles. The lowest BCUT2D eigenvalue weighted by Gasteiger charge is -2.16. The zero-order valence-electron chi connectivity index (χ0n) is 17.4. The van der Waals surface area contributed by atoms with Crippen molar-refractivity contribution in [2.45, 2.75) is 12.0 Å². The number of carbonyl (C=O) groups is 1. The maximum Gasteiger partial charge on any atom is 0.252 e. The molecule has 1 unspecified atom stereocenters. The number of halogens is 3. The summed E-state index contributed by atoms with van der Waals surface area (Å²) in [6.07, 6.45) is 3.25. The molecule has 32 heavy (non-hydrogen) atoms. The number of rotatable bonds is 7. The second kappa shape index (κ2) is 12.0. The molecule has 3 rings (SSSR count). The Morgan fingerprint density at radius 3 is 2.62 bits per heavy atom. The lowest BCUT2D eigenvalue weighted by Crippen LogP contribution is -2.20. The molecule has 170 valence electrons. The van der Waals surface area contributed by atoms with Gasteiger partial charge in [0.2, 0.25) is 0 Å². The van der Waals surface area contributed by atoms with Crippen molar-refractivity contribution in [3.05, 3.63) is 92.5 Å². The van der Waals surface area contributed by atoms with Gasteiger partial charge in [0.1, 0.15) is 23.7 Å². The Hall–Kier alpha value is -3.14. The van der Waals surface area contributed by atoms with E-state index >= 15 is 0 Å². The van der Waals surface area contributed by atoms with Crippen molar-refractivity contribution in [2.75, 3.05) is 26.1 Å². The average Bonchev–Trinajstić information content (AvgIpc) is 2.81. The number of hydrogen-bond acceptors (Lipinski definition) is 6. The quantitative estimate of drug-likeness (QED) is 0.462. The third-order valence-corrected chi connectivity index (χ3v) is 4.81. The highest BCUT2D eigenvalue weighted by molar-refractivity contribution is 6.30. The fourth-order valence-corrected chi connectivity index (χ4v) is 3.05. The molecule has 0 bridgehead atoms. The van der Waals surface area contributed by atoms with Crippen LogP contribution >= 0.6 is 11.6 Å². The molecule has 10 heteroatoms. The van der Waals surface area contributed by atoms with Crippen LogP contribution in [0.15, 0.2) is 53.6 Å². The van der Waals surface area contributed by atoms with Gasteiger partial charge in [0.15, 0.2) is 0 Å². The summed E-state index contributed by atoms with van der Waals surface area (Å²) in [6, 6.07) is 8.06. The molecule has 0 saturated heterocycles. The van der Waals surface area contributed by atoms with Crippen LogP contribution in [0.1, 0.15) is 28.7 Å². The maximum atomic E-state index is 13.4. The van der Waals surface area contributed by atoms with Crippen molar-refractivity contribution in [2.24, 2.45) is 5.73 Å². The van der Waals surface area contributed by atoms with Crippen molar-refractivity contribution < 1.29 is 18.3 Å². The van der Waals surface area contributed by atoms with E-state index in [-0.39, 0.29) is 23.1 Å². The summed E-state index contributed by atoms with van der Waals surface area (Å²) in [5, 5.41) is 2.91. The van der Waals surface area contributed by atoms with Crippen LogP contribution in [-0.2, 0) is 9.53 Å². The fraction of sp³-hybridized carbons (Fsp3) is 0.227. The molecule has 0 aliphatic carbocycles. The third kappa shape index (κ3) is 6.68. The number of H-pyrrole nitrogens is 1. The minimum Gasteiger partial charge on any atom is -0.384 e. The summed E-state index contributed by atoms with van der Waals surface area (Å²) in [4.78, 5) is 28.7. The first-order valence-corrected chi connectivity index (χ1v) is 9.85. The Balaban J connectivity index is 0.000000258. The van der Waals surface area contributed by atoms with Gasteiger partial charge in [-0.05, 0) is 41.5 Å². The number of pyridine rings is 2. The number of hydrogen-bond donors (Lipinski definition) is 3. The van der Waals surface area contributed by atoms with Crippen molar-refractivity contribution in [1.29, 1.82) is 0 Å². The molecule has 0 radical (unpaired) electrons. The van der Waals surface area contributed by atoms with Gasteiger partial charge in [-0.3, -0.25) is 4.79 Å². The lowest BCUT2D eigenvalue weighted by atomic mass is 9.93. The molecular formula is C22H23ClF2N4O3. The fourth-order valence-electron chi connectivity index (χ4n) is 2.86. The summed E-state index contributed by atoms with van der Waals surface area (Å²) in [5.41, 5.74) is 6.72. The number of nitrogens with zero attached hydrogens (tertiary/aromatic N) is 1. The Kier molecular flexibility index (Phi) is 9.45. The van der Waals surface area contributed by atoms with Gasteiger partial charge in [-0.1, -0.05) is 17.7 Å². The highest BCUT2D eigenvalue weighted by Crippen LogP contribution is 2.24. The Labute approximate surface area is 188 Å². The number of benzene rings is 1. The summed E-state index contributed by atoms with van der Waals surface area (Å²) >= 11 is 5.47. The molecule has 0 amide bonds. The van der Waals surface area contributed by atoms with Gasteiger partial charge in [-0.2, -0.15) is 0 Å². The number of anilines is 1. The topological polar surface area (TPSA) is 110 Å². The summed E-state index contributed by atoms with van der Waals surface area (Å²) < 4.78 is 31.1. The predicted octanol–water partition coefficient (Wildman–Crippen LogP) is 3.41. The normalized spacial score (nSPS) is 12.3. The Morgan fingerprint density at radius 2 is 2.00 bits per heavy atom. The van der Waals surface area contributed by atoms with Crippen LogP contribution in [0.3, 0.4) is 0 Å². The standard InChI is InChI=1S/C14H16FN3O2.C8H7ClFNO/c1-16-13-5-9(3-4-17-13)12(8-20-2)11-6-10(15)7-18-14(11)19;9-6-3-5(8(11)4-12)1-2-7(6)10/h3-7,12H,8H2,1-2H3,(H,16,17)(H,18,19);1-4,8H,11H2/t;8-/m.1/s1. The highest BCUT2D eigenvalue weighted by atomic mass is 35.5. The van der Waals surface area contributed by atoms with Crippen LogP contribution in [-0.4, -0.2) is 37.0 Å². The number of nitrogens with two attached hydrogens (primary N) is 1. The largest absolute Gasteiger partial charge is 0.384 e. The van der Waals surface area contributed by atoms with E-state index in [1.54, 1.807) is 26.4 Å². The van der Waals surface area contributed by atoms with Gasteiger partial charge in [0.25, 0.3) is 5.56 Å². The molecule has 3 aromatic rings. The smallest absolute Gasteiger partial charge is 0.252 e. The van der Waals surface area contributed by atoms with E-state index in [9.17, 15) is 18.4 Å². The van der Waals surface area contributed by atoms with Gasteiger partial charge >= 0.3 is 0 Å². The molecule has 0 aliphatic rings. The molecule has 2 atom stereocenters. The first-order chi connectivity index (χ1) is 15.3. The van der Waals surface area contributed by atoms with Gasteiger partial charge in [-0.15, -0.1) is 0 Å². The Morgan fingerprint density at radius 1 is 1.25 bits per heavy atom. The molecule has 1 aromatic carbocycles. The van der Waals surface area contributed by atoms with Crippen molar-refractivity contribution in [3.8, 4) is 0 Å². The van der Waals surface area contributed by atoms with Crippen LogP contribution in [0.4, 0.5) is 14.6 Å². The average molecular weight is 465 g/mol. The molecular weight excluding hydrogens is 442 g/mol. The zero-order chi connectivity index (χ0) is 23.7. The lowest BCUT2D eigenvalue weighted by molar-refractivity contribution is -0.109. The molecule has 0 saturated carbocycles. The maximum absolute atomic E-state index is 13.4. The van der Waals surface area contributed by atoms with Gasteiger partial charge in [-0.25, -0.2) is 13.8 Å². The molecule has 7 nitrogen and oxygen atoms in total. The van der Waals surface area contributed by atoms with Gasteiger partial charge < -0.3 is 25.6 Å². The second-order valence-electron chi connectivity index (χ2n) is 6.67. The highest BCUT2D eigenvalue weighted by Gasteiger charge is 2.19. The van der Waals surface area contributed by atoms with Crippen molar-refractivity contribution in [3.63, 3.8) is 0 Å². The van der Waals surface area contributed by atoms with E-state index in [1.807, 2.05) is 6.07 Å². The van der Waals surface area contributed by atoms with Gasteiger partial charge in [0, 0.05) is 38.0 Å². The second-order valence-corrected chi connectivity index (χ2v) is 7.08. The molecule has 0 fully saturated rings. The SMILES string of the molecule is CNc1cc(C(COC)c2cc(F)c[nH]c2=O)ccn1.N[C@H](C=O)c1ccc(F)c(Cl)c1. The summed E-state index contributed by atoms with van der Waals surface area (Å²) in [5.74, 6) is -0.673. The van der Waals surface area contributed by atoms with Crippen molar-refractivity contribution in [1.82, 2.24) is 9.97 Å². The van der Waals surface area contributed by atoms with Gasteiger partial charge in [0.05, 0.1) is 17.7 Å². The first-order valence-electron chi connectivity index (χ1n) is 9.47. The molecule has 0 aliphatic heterocycles. The van der Waals surface area contributed by atoms with E-state index in [2.05, 4.69) is 15.3 Å².